The summed E-state index contributed by atoms with van der Waals surface area (Å²) in [4.78, 5) is 35.3. The van der Waals surface area contributed by atoms with Gasteiger partial charge in [0.25, 0.3) is 5.91 Å². The molecule has 19 nitrogen and oxygen atoms in total. The Morgan fingerprint density at radius 1 is 0.500 bits per heavy atom. The van der Waals surface area contributed by atoms with Gasteiger partial charge < -0.3 is 78.6 Å². The number of rotatable bonds is 19. The molecule has 1 amide bonds. The van der Waals surface area contributed by atoms with Gasteiger partial charge >= 0.3 is 19.6 Å². The number of carboxylic acids is 2. The van der Waals surface area contributed by atoms with Crippen molar-refractivity contribution < 1.29 is 95.9 Å². The van der Waals surface area contributed by atoms with E-state index in [1.807, 2.05) is 23.1 Å². The molecule has 1 radical (unpaired) electrons. The first-order valence-electron chi connectivity index (χ1n) is 30.1. The lowest BCUT2D eigenvalue weighted by atomic mass is 9.90. The van der Waals surface area contributed by atoms with Crippen LogP contribution in [0.5, 0.6) is 63.2 Å². The van der Waals surface area contributed by atoms with Gasteiger partial charge in [-0.15, -0.1) is 0 Å². The number of carboxylic acid groups (broad SMARTS) is 2. The van der Waals surface area contributed by atoms with Crippen molar-refractivity contribution in [1.82, 2.24) is 10.2 Å². The van der Waals surface area contributed by atoms with Crippen molar-refractivity contribution >= 4 is 41.5 Å². The second-order valence-corrected chi connectivity index (χ2v) is 22.6. The van der Waals surface area contributed by atoms with E-state index in [2.05, 4.69) is 50.2 Å². The summed E-state index contributed by atoms with van der Waals surface area (Å²) < 4.78 is 81.3. The second kappa shape index (κ2) is 35.9. The Labute approximate surface area is 550 Å². The monoisotopic (exact) mass is 1360 g/mol. The number of carbonyl (C=O) groups excluding carboxylic acids is 1. The predicted molar refractivity (Wildman–Crippen MR) is 346 cm³/mol. The maximum absolute atomic E-state index is 13.4. The standard InChI is InChI=1S/C28H28FNO5.C14H11FO4.C14H19NO2.C8H7BrO3.C6H5BFO3/c29-21-8-9-22(24(31)16-21)23-3-1-2-4-25(23)33-17-28(32)30-13-11-19(12-14-30)5-6-20-7-10-26-27(15-20)35-18-34-26;15-9-5-6-10(12(16)7-9)11-3-1-2-4-13(11)19-8-14(17)18;1(11-5-7-15-8-6-11)2-12-3-4-13-14(9-12)17-10-16-13;9-6-3-1-2-4-7(6)12-5-8(10)11;8-4-1-2-6(11-7-10)5(9)3-4/h1-4,7-10,15-16,19,31H,5-6,11-14,17-18H2;1-7,16H,8H2,(H,17,18);3-4,9,11,15H,1-2,5-8,10H2;1-4H,5H2,(H,10,11);1-3,9-10H. The van der Waals surface area contributed by atoms with Crippen molar-refractivity contribution in [2.45, 2.75) is 51.4 Å². The van der Waals surface area contributed by atoms with Gasteiger partial charge in [0.2, 0.25) is 13.6 Å². The smallest absolute Gasteiger partial charge is 0.535 e. The van der Waals surface area contributed by atoms with Crippen LogP contribution in [-0.4, -0.2) is 121 Å². The van der Waals surface area contributed by atoms with Crippen molar-refractivity contribution in [3.8, 4) is 85.5 Å². The number of ether oxygens (including phenoxy) is 7. The van der Waals surface area contributed by atoms with Gasteiger partial charge in [0.1, 0.15) is 51.9 Å². The minimum Gasteiger partial charge on any atom is -0.535 e. The Morgan fingerprint density at radius 2 is 0.936 bits per heavy atom. The molecule has 4 aliphatic heterocycles. The number of fused-ring (bicyclic) bond motifs is 2. The van der Waals surface area contributed by atoms with Crippen LogP contribution in [0.25, 0.3) is 22.3 Å². The first kappa shape index (κ1) is 70.1. The Bertz CT molecular complexity index is 3800. The molecule has 8 aromatic rings. The number of phenols is 3. The maximum atomic E-state index is 13.4. The van der Waals surface area contributed by atoms with E-state index in [0.29, 0.717) is 73.0 Å². The van der Waals surface area contributed by atoms with Gasteiger partial charge in [0.15, 0.2) is 48.6 Å². The summed E-state index contributed by atoms with van der Waals surface area (Å²) in [7, 11) is 0.410. The summed E-state index contributed by atoms with van der Waals surface area (Å²) in [6, 6.07) is 44.0. The predicted octanol–water partition coefficient (Wildman–Crippen LogP) is 12.5. The highest BCUT2D eigenvalue weighted by Crippen LogP contribution is 2.39. The van der Waals surface area contributed by atoms with Crippen molar-refractivity contribution in [3.63, 3.8) is 0 Å². The summed E-state index contributed by atoms with van der Waals surface area (Å²) in [5, 5.41) is 57.3. The molecular weight excluding hydrogens is 1290 g/mol. The molecule has 0 saturated carbocycles. The molecule has 0 unspecified atom stereocenters. The van der Waals surface area contributed by atoms with E-state index in [1.54, 1.807) is 66.7 Å². The van der Waals surface area contributed by atoms with Crippen molar-refractivity contribution in [1.29, 1.82) is 0 Å². The fourth-order valence-electron chi connectivity index (χ4n) is 10.4. The minimum atomic E-state index is -1.10. The van der Waals surface area contributed by atoms with Crippen LogP contribution < -0.4 is 43.1 Å². The van der Waals surface area contributed by atoms with Crippen LogP contribution in [0.2, 0.25) is 0 Å². The number of benzene rings is 8. The number of phenolic OH excluding ortho intramolecular Hbond substituents is 3. The molecule has 12 rings (SSSR count). The molecule has 0 aliphatic carbocycles. The van der Waals surface area contributed by atoms with E-state index in [0.717, 1.165) is 89.8 Å². The minimum absolute atomic E-state index is 0.00824. The maximum Gasteiger partial charge on any atom is 0.569 e. The largest absolute Gasteiger partial charge is 0.569 e. The van der Waals surface area contributed by atoms with Crippen molar-refractivity contribution in [3.05, 3.63) is 197 Å². The number of nitrogens with zero attached hydrogens (tertiary/aromatic N) is 1. The number of aliphatic carboxylic acids is 2. The SMILES string of the molecule is O=C(COc1ccccc1-c1ccc(F)cc1O)N1CCC(CCc2ccc3c(c2)OCO3)CC1.O=C(O)COc1ccccc1-c1ccc(F)cc1O.O=C(O)COc1ccccc1Br.O[B]Oc1ccc(F)cc1O.c1cc2c(cc1CCC1CCNCC1)OCO2. The van der Waals surface area contributed by atoms with E-state index in [1.165, 1.54) is 73.8 Å². The Balaban J connectivity index is 0.000000163. The highest BCUT2D eigenvalue weighted by Gasteiger charge is 2.25. The Morgan fingerprint density at radius 3 is 1.41 bits per heavy atom. The zero-order chi connectivity index (χ0) is 66.8. The van der Waals surface area contributed by atoms with E-state index in [9.17, 15) is 37.8 Å². The lowest BCUT2D eigenvalue weighted by molar-refractivity contribution is -0.140. The van der Waals surface area contributed by atoms with Gasteiger partial charge in [-0.1, -0.05) is 60.7 Å². The molecule has 7 N–H and O–H groups in total. The van der Waals surface area contributed by atoms with Crippen molar-refractivity contribution in [2.75, 3.05) is 59.6 Å². The molecule has 0 bridgehead atoms. The zero-order valence-corrected chi connectivity index (χ0v) is 52.6. The fourth-order valence-corrected chi connectivity index (χ4v) is 10.8. The normalized spacial score (nSPS) is 13.6. The number of likely N-dealkylation sites (tertiary alicyclic amines) is 1. The highest BCUT2D eigenvalue weighted by atomic mass is 79.9. The third-order valence-electron chi connectivity index (χ3n) is 15.2. The number of hydrogen-bond acceptors (Lipinski definition) is 16. The Kier molecular flexibility index (Phi) is 26.8. The van der Waals surface area contributed by atoms with Gasteiger partial charge in [0.05, 0.1) is 4.47 Å². The van der Waals surface area contributed by atoms with Crippen LogP contribution in [0.3, 0.4) is 0 Å². The number of piperidine rings is 2. The lowest BCUT2D eigenvalue weighted by Gasteiger charge is -2.32. The topological polar surface area (TPSA) is 262 Å². The van der Waals surface area contributed by atoms with E-state index >= 15 is 0 Å². The molecule has 24 heteroatoms. The molecule has 0 aromatic heterocycles. The third-order valence-corrected chi connectivity index (χ3v) is 15.9. The van der Waals surface area contributed by atoms with Gasteiger partial charge in [-0.25, -0.2) is 22.8 Å². The summed E-state index contributed by atoms with van der Waals surface area (Å²) in [5.41, 5.74) is 4.56. The van der Waals surface area contributed by atoms with Gasteiger partial charge in [0, 0.05) is 53.5 Å². The molecule has 8 aromatic carbocycles. The third kappa shape index (κ3) is 21.7. The Hall–Kier alpha value is -9.78. The highest BCUT2D eigenvalue weighted by molar-refractivity contribution is 9.10. The summed E-state index contributed by atoms with van der Waals surface area (Å²) in [5.74, 6) is 1.70. The molecule has 4 aliphatic rings. The van der Waals surface area contributed by atoms with Crippen molar-refractivity contribution in [2.24, 2.45) is 11.8 Å². The second-order valence-electron chi connectivity index (χ2n) is 21.7. The van der Waals surface area contributed by atoms with Crippen LogP contribution in [0.15, 0.2) is 168 Å². The fraction of sp³-hybridized carbons (Fsp3) is 0.271. The molecule has 94 heavy (non-hydrogen) atoms. The molecule has 2 saturated heterocycles. The van der Waals surface area contributed by atoms with E-state index < -0.39 is 36.0 Å². The van der Waals surface area contributed by atoms with Crippen LogP contribution in [0.4, 0.5) is 13.2 Å². The molecule has 0 spiro atoms. The first-order chi connectivity index (χ1) is 45.5. The van der Waals surface area contributed by atoms with Gasteiger partial charge in [-0.3, -0.25) is 4.79 Å². The van der Waals surface area contributed by atoms with Crippen LogP contribution in [-0.2, 0) is 27.2 Å². The van der Waals surface area contributed by atoms with Crippen LogP contribution in [0.1, 0.15) is 49.7 Å². The number of amides is 1. The quantitative estimate of drug-likeness (QED) is 0.0371. The summed E-state index contributed by atoms with van der Waals surface area (Å²) in [6.45, 7) is 3.57. The molecule has 4 heterocycles. The van der Waals surface area contributed by atoms with Crippen LogP contribution in [0, 0.1) is 29.3 Å². The number of nitrogens with one attached hydrogen (secondary N) is 1. The van der Waals surface area contributed by atoms with Gasteiger partial charge in [-0.2, -0.15) is 0 Å². The number of carbonyl (C=O) groups is 3. The zero-order valence-electron chi connectivity index (χ0n) is 51.0. The molecular formula is C70H70BBrF3N2O17. The van der Waals surface area contributed by atoms with E-state index in [-0.39, 0.29) is 48.9 Å². The summed E-state index contributed by atoms with van der Waals surface area (Å²) in [6.07, 6.45) is 9.09. The molecule has 0 atom stereocenters. The van der Waals surface area contributed by atoms with E-state index in [4.69, 9.17) is 53.5 Å². The first-order valence-corrected chi connectivity index (χ1v) is 30.9. The number of aromatic hydroxyl groups is 3. The average Bonchev–Trinajstić information content (AvgIpc) is 1.32. The number of aryl methyl sites for hydroxylation is 2. The lowest BCUT2D eigenvalue weighted by Crippen LogP contribution is -2.41. The number of halogens is 4. The summed E-state index contributed by atoms with van der Waals surface area (Å²) >= 11 is 3.23. The van der Waals surface area contributed by atoms with Crippen LogP contribution >= 0.6 is 15.9 Å². The molecule has 2 fully saturated rings. The number of hydrogen-bond donors (Lipinski definition) is 7. The molecule has 493 valence electrons. The van der Waals surface area contributed by atoms with Gasteiger partial charge in [-0.05, 0) is 188 Å². The average molecular weight is 1360 g/mol. The number of para-hydroxylation sites is 3.